The molecule has 3 aliphatic rings. The number of anilines is 1. The highest BCUT2D eigenvalue weighted by atomic mass is 16.2. The van der Waals surface area contributed by atoms with E-state index in [4.69, 9.17) is 10.7 Å². The van der Waals surface area contributed by atoms with E-state index in [0.717, 1.165) is 69.5 Å². The monoisotopic (exact) mass is 532 g/mol. The van der Waals surface area contributed by atoms with E-state index in [1.165, 1.54) is 0 Å². The first kappa shape index (κ1) is 27.1. The van der Waals surface area contributed by atoms with Crippen LogP contribution >= 0.6 is 0 Å². The van der Waals surface area contributed by atoms with E-state index in [0.29, 0.717) is 34.3 Å². The van der Waals surface area contributed by atoms with Crippen molar-refractivity contribution in [1.29, 1.82) is 0 Å². The summed E-state index contributed by atoms with van der Waals surface area (Å²) in [5, 5.41) is 6.42. The van der Waals surface area contributed by atoms with E-state index >= 15 is 0 Å². The fourth-order valence-corrected chi connectivity index (χ4v) is 6.66. The van der Waals surface area contributed by atoms with Crippen LogP contribution in [0.3, 0.4) is 0 Å². The van der Waals surface area contributed by atoms with Crippen LogP contribution in [0.2, 0.25) is 0 Å². The lowest BCUT2D eigenvalue weighted by Gasteiger charge is -2.40. The summed E-state index contributed by atoms with van der Waals surface area (Å²) < 4.78 is 0. The number of primary amides is 1. The van der Waals surface area contributed by atoms with Crippen molar-refractivity contribution in [3.8, 4) is 0 Å². The Hall–Kier alpha value is -3.46. The highest BCUT2D eigenvalue weighted by Crippen LogP contribution is 2.38. The van der Waals surface area contributed by atoms with Crippen molar-refractivity contribution in [3.05, 3.63) is 58.3 Å². The van der Waals surface area contributed by atoms with Gasteiger partial charge in [-0.2, -0.15) is 0 Å². The van der Waals surface area contributed by atoms with E-state index in [9.17, 15) is 14.4 Å². The minimum atomic E-state index is -0.485. The molecular formula is C30H40N6O3. The number of carbonyl (C=O) groups is 3. The lowest BCUT2D eigenvalue weighted by Crippen LogP contribution is -2.51. The molecule has 9 nitrogen and oxygen atoms in total. The third-order valence-electron chi connectivity index (χ3n) is 8.71. The molecule has 1 aromatic carbocycles. The number of nitrogens with two attached hydrogens (primary N) is 1. The standard InChI is InChI=1S/C30H40N6O3/c1-4-35-11-5-6-21(17-35)33-29(38)20-7-10-27(32-16-20)36-23-8-9-24(36)15-22(14-23)34-30(39)26-13-18(2)25(28(31)37)12-19(26)3/h7,10,12-13,16,21-24H,4-6,8-9,11,14-15,17H2,1-3H3,(H2,31,37)(H,33,38)(H,34,39)/t21-,22?,23?,24?/m0/s1. The van der Waals surface area contributed by atoms with Crippen LogP contribution < -0.4 is 21.3 Å². The Labute approximate surface area is 230 Å². The summed E-state index contributed by atoms with van der Waals surface area (Å²) in [7, 11) is 0. The molecule has 3 amide bonds. The van der Waals surface area contributed by atoms with Crippen molar-refractivity contribution < 1.29 is 14.4 Å². The molecule has 39 heavy (non-hydrogen) atoms. The second-order valence-electron chi connectivity index (χ2n) is 11.4. The topological polar surface area (TPSA) is 121 Å². The number of rotatable bonds is 7. The molecule has 3 aliphatic heterocycles. The first-order valence-electron chi connectivity index (χ1n) is 14.2. The van der Waals surface area contributed by atoms with Crippen LogP contribution in [0.5, 0.6) is 0 Å². The number of carbonyl (C=O) groups excluding carboxylic acids is 3. The number of hydrogen-bond donors (Lipinski definition) is 3. The van der Waals surface area contributed by atoms with Gasteiger partial charge in [-0.05, 0) is 101 Å². The first-order valence-corrected chi connectivity index (χ1v) is 14.2. The first-order chi connectivity index (χ1) is 18.7. The number of benzene rings is 1. The molecule has 0 radical (unpaired) electrons. The lowest BCUT2D eigenvalue weighted by atomic mass is 9.95. The number of nitrogens with one attached hydrogen (secondary N) is 2. The quantitative estimate of drug-likeness (QED) is 0.504. The number of aromatic nitrogens is 1. The minimum absolute atomic E-state index is 0.0595. The Kier molecular flexibility index (Phi) is 7.88. The molecule has 3 saturated heterocycles. The molecule has 2 bridgehead atoms. The van der Waals surface area contributed by atoms with Gasteiger partial charge >= 0.3 is 0 Å². The van der Waals surface area contributed by atoms with Gasteiger partial charge in [0.05, 0.1) is 5.56 Å². The molecule has 5 rings (SSSR count). The number of pyridine rings is 1. The third kappa shape index (κ3) is 5.78. The molecule has 9 heteroatoms. The van der Waals surface area contributed by atoms with Gasteiger partial charge in [-0.3, -0.25) is 14.4 Å². The Morgan fingerprint density at radius 2 is 1.62 bits per heavy atom. The zero-order valence-corrected chi connectivity index (χ0v) is 23.2. The second kappa shape index (κ2) is 11.3. The summed E-state index contributed by atoms with van der Waals surface area (Å²) in [5.74, 6) is 0.238. The van der Waals surface area contributed by atoms with Crippen molar-refractivity contribution in [1.82, 2.24) is 20.5 Å². The molecule has 0 aliphatic carbocycles. The fourth-order valence-electron chi connectivity index (χ4n) is 6.66. The average Bonchev–Trinajstić information content (AvgIpc) is 3.19. The highest BCUT2D eigenvalue weighted by molar-refractivity contribution is 5.99. The van der Waals surface area contributed by atoms with Crippen LogP contribution in [0.25, 0.3) is 0 Å². The maximum atomic E-state index is 13.1. The Balaban J connectivity index is 1.20. The molecule has 208 valence electrons. The highest BCUT2D eigenvalue weighted by Gasteiger charge is 2.42. The second-order valence-corrected chi connectivity index (χ2v) is 11.4. The van der Waals surface area contributed by atoms with Crippen molar-refractivity contribution in [3.63, 3.8) is 0 Å². The van der Waals surface area contributed by atoms with E-state index < -0.39 is 5.91 Å². The summed E-state index contributed by atoms with van der Waals surface area (Å²) in [5.41, 5.74) is 8.53. The van der Waals surface area contributed by atoms with Crippen LogP contribution in [0.15, 0.2) is 30.5 Å². The predicted octanol–water partition coefficient (Wildman–Crippen LogP) is 2.94. The number of amides is 3. The lowest BCUT2D eigenvalue weighted by molar-refractivity contribution is 0.0902. The fraction of sp³-hybridized carbons (Fsp3) is 0.533. The summed E-state index contributed by atoms with van der Waals surface area (Å²) in [4.78, 5) is 47.1. The van der Waals surface area contributed by atoms with Gasteiger partial charge in [0, 0.05) is 48.0 Å². The average molecular weight is 533 g/mol. The minimum Gasteiger partial charge on any atom is -0.366 e. The van der Waals surface area contributed by atoms with Crippen molar-refractivity contribution >= 4 is 23.5 Å². The Morgan fingerprint density at radius 1 is 0.949 bits per heavy atom. The Bertz CT molecular complexity index is 1230. The van der Waals surface area contributed by atoms with Gasteiger partial charge in [0.1, 0.15) is 5.82 Å². The molecule has 3 fully saturated rings. The molecular weight excluding hydrogens is 492 g/mol. The maximum absolute atomic E-state index is 13.1. The maximum Gasteiger partial charge on any atom is 0.253 e. The van der Waals surface area contributed by atoms with Crippen LogP contribution in [0.4, 0.5) is 5.82 Å². The van der Waals surface area contributed by atoms with Gasteiger partial charge in [-0.25, -0.2) is 4.98 Å². The normalized spacial score (nSPS) is 24.8. The summed E-state index contributed by atoms with van der Waals surface area (Å²) in [6.07, 6.45) is 7.62. The van der Waals surface area contributed by atoms with E-state index in [1.807, 2.05) is 19.1 Å². The Morgan fingerprint density at radius 3 is 2.26 bits per heavy atom. The van der Waals surface area contributed by atoms with E-state index in [1.54, 1.807) is 25.3 Å². The van der Waals surface area contributed by atoms with Gasteiger partial charge in [0.2, 0.25) is 5.91 Å². The van der Waals surface area contributed by atoms with E-state index in [-0.39, 0.29) is 23.9 Å². The SMILES string of the molecule is CCN1CCC[C@H](NC(=O)c2ccc(N3C4CCC3CC(NC(=O)c3cc(C)c(C(N)=O)cc3C)C4)nc2)C1. The molecule has 2 aromatic rings. The number of hydrogen-bond acceptors (Lipinski definition) is 6. The summed E-state index contributed by atoms with van der Waals surface area (Å²) in [6.45, 7) is 8.80. The molecule has 3 atom stereocenters. The van der Waals surface area contributed by atoms with Gasteiger partial charge in [0.25, 0.3) is 11.8 Å². The zero-order chi connectivity index (χ0) is 27.7. The number of piperidine rings is 2. The van der Waals surface area contributed by atoms with Crippen molar-refractivity contribution in [2.75, 3.05) is 24.5 Å². The van der Waals surface area contributed by atoms with Crippen LogP contribution in [-0.4, -0.2) is 71.4 Å². The molecule has 4 heterocycles. The number of fused-ring (bicyclic) bond motifs is 2. The molecule has 2 unspecified atom stereocenters. The van der Waals surface area contributed by atoms with Crippen LogP contribution in [0.1, 0.15) is 87.6 Å². The molecule has 0 spiro atoms. The smallest absolute Gasteiger partial charge is 0.253 e. The molecule has 1 aromatic heterocycles. The van der Waals surface area contributed by atoms with Gasteiger partial charge in [-0.1, -0.05) is 6.92 Å². The predicted molar refractivity (Wildman–Crippen MR) is 151 cm³/mol. The molecule has 4 N–H and O–H groups in total. The van der Waals surface area contributed by atoms with Crippen LogP contribution in [0, 0.1) is 13.8 Å². The van der Waals surface area contributed by atoms with Crippen molar-refractivity contribution in [2.24, 2.45) is 5.73 Å². The number of likely N-dealkylation sites (N-methyl/N-ethyl adjacent to an activating group) is 1. The van der Waals surface area contributed by atoms with Gasteiger partial charge in [0.15, 0.2) is 0 Å². The zero-order valence-electron chi connectivity index (χ0n) is 23.2. The number of aryl methyl sites for hydroxylation is 2. The largest absolute Gasteiger partial charge is 0.366 e. The van der Waals surface area contributed by atoms with E-state index in [2.05, 4.69) is 27.4 Å². The van der Waals surface area contributed by atoms with Gasteiger partial charge in [-0.15, -0.1) is 0 Å². The third-order valence-corrected chi connectivity index (χ3v) is 8.71. The van der Waals surface area contributed by atoms with Gasteiger partial charge < -0.3 is 26.2 Å². The van der Waals surface area contributed by atoms with Crippen molar-refractivity contribution in [2.45, 2.75) is 83.5 Å². The number of likely N-dealkylation sites (tertiary alicyclic amines) is 1. The number of nitrogens with zero attached hydrogens (tertiary/aromatic N) is 3. The summed E-state index contributed by atoms with van der Waals surface area (Å²) >= 11 is 0. The molecule has 0 saturated carbocycles. The summed E-state index contributed by atoms with van der Waals surface area (Å²) in [6, 6.07) is 8.15. The van der Waals surface area contributed by atoms with Crippen LogP contribution in [-0.2, 0) is 0 Å².